The standard InChI is InChI=1S/C11H13NO2/c13-11(14-9-10-5-6-10)12-7-3-1-2-4-8-12/h1-4,7-8,10H,5-6,9H2. The van der Waals surface area contributed by atoms with Crippen LogP contribution < -0.4 is 0 Å². The van der Waals surface area contributed by atoms with Crippen molar-refractivity contribution in [2.75, 3.05) is 6.61 Å². The van der Waals surface area contributed by atoms with Crippen LogP contribution in [-0.4, -0.2) is 17.6 Å². The minimum Gasteiger partial charge on any atom is -0.449 e. The van der Waals surface area contributed by atoms with Crippen LogP contribution in [0.15, 0.2) is 36.7 Å². The Bertz CT molecular complexity index is 284. The van der Waals surface area contributed by atoms with Crippen LogP contribution in [0, 0.1) is 5.92 Å². The average molecular weight is 191 g/mol. The van der Waals surface area contributed by atoms with Gasteiger partial charge in [-0.2, -0.15) is 0 Å². The van der Waals surface area contributed by atoms with Crippen molar-refractivity contribution in [3.63, 3.8) is 0 Å². The SMILES string of the molecule is O=C(OCC1CC1)N1C=CC=CC=C1. The van der Waals surface area contributed by atoms with Gasteiger partial charge in [-0.1, -0.05) is 12.2 Å². The number of carbonyl (C=O) groups excluding carboxylic acids is 1. The van der Waals surface area contributed by atoms with Gasteiger partial charge in [0.05, 0.1) is 6.61 Å². The molecule has 0 N–H and O–H groups in total. The van der Waals surface area contributed by atoms with Crippen LogP contribution in [0.1, 0.15) is 12.8 Å². The van der Waals surface area contributed by atoms with Gasteiger partial charge in [-0.05, 0) is 30.9 Å². The van der Waals surface area contributed by atoms with Crippen molar-refractivity contribution in [2.24, 2.45) is 5.92 Å². The summed E-state index contributed by atoms with van der Waals surface area (Å²) in [5.41, 5.74) is 0. The van der Waals surface area contributed by atoms with E-state index in [0.29, 0.717) is 12.5 Å². The summed E-state index contributed by atoms with van der Waals surface area (Å²) in [6, 6.07) is 0. The summed E-state index contributed by atoms with van der Waals surface area (Å²) in [5, 5.41) is 0. The molecule has 0 aromatic rings. The molecule has 1 aliphatic heterocycles. The Morgan fingerprint density at radius 1 is 1.21 bits per heavy atom. The van der Waals surface area contributed by atoms with Gasteiger partial charge in [-0.15, -0.1) is 0 Å². The maximum atomic E-state index is 11.5. The number of ether oxygens (including phenoxy) is 1. The molecule has 0 aromatic heterocycles. The van der Waals surface area contributed by atoms with Gasteiger partial charge in [-0.3, -0.25) is 4.90 Å². The van der Waals surface area contributed by atoms with Crippen LogP contribution in [0.5, 0.6) is 0 Å². The molecule has 3 nitrogen and oxygen atoms in total. The Morgan fingerprint density at radius 2 is 1.86 bits per heavy atom. The molecule has 3 heteroatoms. The zero-order chi connectivity index (χ0) is 9.80. The minimum absolute atomic E-state index is 0.298. The molecule has 0 spiro atoms. The summed E-state index contributed by atoms with van der Waals surface area (Å²) >= 11 is 0. The molecule has 2 aliphatic rings. The quantitative estimate of drug-likeness (QED) is 0.670. The van der Waals surface area contributed by atoms with E-state index in [-0.39, 0.29) is 6.09 Å². The number of rotatable bonds is 2. The van der Waals surface area contributed by atoms with Gasteiger partial charge in [0.2, 0.25) is 0 Å². The lowest BCUT2D eigenvalue weighted by molar-refractivity contribution is 0.123. The molecular weight excluding hydrogens is 178 g/mol. The molecular formula is C11H13NO2. The molecule has 0 bridgehead atoms. The molecule has 74 valence electrons. The van der Waals surface area contributed by atoms with Crippen molar-refractivity contribution in [3.8, 4) is 0 Å². The molecule has 1 amide bonds. The Balaban J connectivity index is 1.83. The van der Waals surface area contributed by atoms with Crippen LogP contribution in [0.3, 0.4) is 0 Å². The Hall–Kier alpha value is -1.51. The molecule has 14 heavy (non-hydrogen) atoms. The fourth-order valence-corrected chi connectivity index (χ4v) is 1.13. The average Bonchev–Trinajstić information content (AvgIpc) is 3.01. The van der Waals surface area contributed by atoms with Crippen molar-refractivity contribution < 1.29 is 9.53 Å². The first-order valence-electron chi connectivity index (χ1n) is 4.83. The van der Waals surface area contributed by atoms with E-state index in [1.165, 1.54) is 17.7 Å². The third-order valence-electron chi connectivity index (χ3n) is 2.18. The van der Waals surface area contributed by atoms with E-state index in [1.807, 2.05) is 12.2 Å². The van der Waals surface area contributed by atoms with Crippen molar-refractivity contribution in [1.29, 1.82) is 0 Å². The zero-order valence-electron chi connectivity index (χ0n) is 7.93. The molecule has 0 unspecified atom stereocenters. The third-order valence-corrected chi connectivity index (χ3v) is 2.18. The summed E-state index contributed by atoms with van der Waals surface area (Å²) < 4.78 is 5.12. The topological polar surface area (TPSA) is 29.5 Å². The normalized spacial score (nSPS) is 19.6. The van der Waals surface area contributed by atoms with E-state index in [1.54, 1.807) is 24.6 Å². The molecule has 0 saturated heterocycles. The van der Waals surface area contributed by atoms with Crippen LogP contribution in [0.2, 0.25) is 0 Å². The van der Waals surface area contributed by atoms with Gasteiger partial charge in [0.1, 0.15) is 0 Å². The van der Waals surface area contributed by atoms with Crippen molar-refractivity contribution in [2.45, 2.75) is 12.8 Å². The lowest BCUT2D eigenvalue weighted by atomic mass is 10.5. The summed E-state index contributed by atoms with van der Waals surface area (Å²) in [4.78, 5) is 12.9. The number of amides is 1. The largest absolute Gasteiger partial charge is 0.449 e. The Kier molecular flexibility index (Phi) is 2.68. The van der Waals surface area contributed by atoms with Gasteiger partial charge in [0.15, 0.2) is 0 Å². The first-order chi connectivity index (χ1) is 6.86. The number of carbonyl (C=O) groups is 1. The maximum absolute atomic E-state index is 11.5. The highest BCUT2D eigenvalue weighted by atomic mass is 16.6. The predicted molar refractivity (Wildman–Crippen MR) is 53.3 cm³/mol. The van der Waals surface area contributed by atoms with E-state index < -0.39 is 0 Å². The fraction of sp³-hybridized carbons (Fsp3) is 0.364. The number of hydrogen-bond acceptors (Lipinski definition) is 2. The minimum atomic E-state index is -0.298. The number of hydrogen-bond donors (Lipinski definition) is 0. The molecule has 1 aliphatic carbocycles. The maximum Gasteiger partial charge on any atom is 0.417 e. The van der Waals surface area contributed by atoms with Crippen molar-refractivity contribution >= 4 is 6.09 Å². The Morgan fingerprint density at radius 3 is 2.43 bits per heavy atom. The van der Waals surface area contributed by atoms with Crippen LogP contribution in [0.4, 0.5) is 4.79 Å². The lowest BCUT2D eigenvalue weighted by Crippen LogP contribution is -2.21. The van der Waals surface area contributed by atoms with E-state index >= 15 is 0 Å². The molecule has 1 heterocycles. The summed E-state index contributed by atoms with van der Waals surface area (Å²) in [6.45, 7) is 0.560. The van der Waals surface area contributed by atoms with E-state index in [2.05, 4.69) is 0 Å². The van der Waals surface area contributed by atoms with E-state index in [0.717, 1.165) is 0 Å². The first kappa shape index (κ1) is 9.06. The Labute approximate surface area is 83.3 Å². The molecule has 0 aromatic carbocycles. The monoisotopic (exact) mass is 191 g/mol. The summed E-state index contributed by atoms with van der Waals surface area (Å²) in [6.07, 6.45) is 12.8. The van der Waals surface area contributed by atoms with E-state index in [9.17, 15) is 4.79 Å². The zero-order valence-corrected chi connectivity index (χ0v) is 7.93. The smallest absolute Gasteiger partial charge is 0.417 e. The van der Waals surface area contributed by atoms with Gasteiger partial charge in [-0.25, -0.2) is 4.79 Å². The summed E-state index contributed by atoms with van der Waals surface area (Å²) in [5.74, 6) is 0.608. The van der Waals surface area contributed by atoms with Crippen molar-refractivity contribution in [3.05, 3.63) is 36.7 Å². The van der Waals surface area contributed by atoms with Crippen molar-refractivity contribution in [1.82, 2.24) is 4.90 Å². The highest BCUT2D eigenvalue weighted by Gasteiger charge is 2.23. The highest BCUT2D eigenvalue weighted by Crippen LogP contribution is 2.29. The molecule has 2 rings (SSSR count). The molecule has 1 fully saturated rings. The van der Waals surface area contributed by atoms with Gasteiger partial charge >= 0.3 is 6.09 Å². The van der Waals surface area contributed by atoms with Gasteiger partial charge in [0.25, 0.3) is 0 Å². The second-order valence-electron chi connectivity index (χ2n) is 3.50. The second-order valence-corrected chi connectivity index (χ2v) is 3.50. The third kappa shape index (κ3) is 2.49. The van der Waals surface area contributed by atoms with E-state index in [4.69, 9.17) is 4.74 Å². The fourth-order valence-electron chi connectivity index (χ4n) is 1.13. The molecule has 1 saturated carbocycles. The molecule has 0 atom stereocenters. The number of allylic oxidation sites excluding steroid dienone is 4. The van der Waals surface area contributed by atoms with Crippen LogP contribution in [-0.2, 0) is 4.74 Å². The first-order valence-corrected chi connectivity index (χ1v) is 4.83. The molecule has 0 radical (unpaired) electrons. The van der Waals surface area contributed by atoms with Crippen LogP contribution >= 0.6 is 0 Å². The lowest BCUT2D eigenvalue weighted by Gasteiger charge is -2.12. The van der Waals surface area contributed by atoms with Gasteiger partial charge in [0, 0.05) is 12.4 Å². The van der Waals surface area contributed by atoms with Gasteiger partial charge < -0.3 is 4.74 Å². The summed E-state index contributed by atoms with van der Waals surface area (Å²) in [7, 11) is 0. The second kappa shape index (κ2) is 4.13. The highest BCUT2D eigenvalue weighted by molar-refractivity contribution is 5.70. The van der Waals surface area contributed by atoms with Crippen LogP contribution in [0.25, 0.3) is 0 Å². The number of nitrogens with zero attached hydrogens (tertiary/aromatic N) is 1. The predicted octanol–water partition coefficient (Wildman–Crippen LogP) is 2.43.